The number of carbonyl (C=O) groups is 2. The summed E-state index contributed by atoms with van der Waals surface area (Å²) in [6.45, 7) is 2.74. The number of ether oxygens (including phenoxy) is 2. The van der Waals surface area contributed by atoms with Crippen LogP contribution in [0.2, 0.25) is 0 Å². The summed E-state index contributed by atoms with van der Waals surface area (Å²) in [5, 5.41) is 5.02. The Hall–Kier alpha value is -3.06. The number of benzene rings is 2. The first kappa shape index (κ1) is 21.2. The van der Waals surface area contributed by atoms with Gasteiger partial charge in [0.1, 0.15) is 6.54 Å². The number of nitrogens with one attached hydrogen (secondary N) is 3. The van der Waals surface area contributed by atoms with E-state index >= 15 is 0 Å². The molecular formula is C21H28N3O4+. The van der Waals surface area contributed by atoms with E-state index < -0.39 is 12.1 Å². The van der Waals surface area contributed by atoms with Crippen LogP contribution >= 0.6 is 0 Å². The Bertz CT molecular complexity index is 795. The lowest BCUT2D eigenvalue weighted by atomic mass is 10.0. The van der Waals surface area contributed by atoms with Gasteiger partial charge in [0.05, 0.1) is 26.8 Å². The van der Waals surface area contributed by atoms with Gasteiger partial charge in [0.15, 0.2) is 17.5 Å². The van der Waals surface area contributed by atoms with E-state index in [0.717, 1.165) is 16.0 Å². The van der Waals surface area contributed by atoms with Crippen molar-refractivity contribution < 1.29 is 24.0 Å². The van der Waals surface area contributed by atoms with E-state index in [1.54, 1.807) is 21.1 Å². The van der Waals surface area contributed by atoms with E-state index in [2.05, 4.69) is 10.6 Å². The van der Waals surface area contributed by atoms with Crippen molar-refractivity contribution in [3.63, 3.8) is 0 Å². The van der Waals surface area contributed by atoms with Gasteiger partial charge in [-0.1, -0.05) is 36.4 Å². The van der Waals surface area contributed by atoms with Crippen LogP contribution in [0.15, 0.2) is 48.5 Å². The van der Waals surface area contributed by atoms with Crippen molar-refractivity contribution in [1.29, 1.82) is 0 Å². The minimum Gasteiger partial charge on any atom is -0.493 e. The summed E-state index contributed by atoms with van der Waals surface area (Å²) < 4.78 is 10.9. The molecule has 0 heterocycles. The van der Waals surface area contributed by atoms with Crippen molar-refractivity contribution in [2.75, 3.05) is 27.8 Å². The number of likely N-dealkylation sites (N-methyl/N-ethyl adjacent to an activating group) is 1. The highest BCUT2D eigenvalue weighted by Crippen LogP contribution is 2.30. The second-order valence-electron chi connectivity index (χ2n) is 6.37. The van der Waals surface area contributed by atoms with Crippen LogP contribution in [0.5, 0.6) is 11.5 Å². The van der Waals surface area contributed by atoms with Crippen molar-refractivity contribution >= 4 is 11.9 Å². The molecule has 0 aromatic heterocycles. The fraction of sp³-hybridized carbons (Fsp3) is 0.333. The Kier molecular flexibility index (Phi) is 7.83. The summed E-state index contributed by atoms with van der Waals surface area (Å²) >= 11 is 0. The Morgan fingerprint density at radius 1 is 1.04 bits per heavy atom. The third kappa shape index (κ3) is 5.23. The number of para-hydroxylation sites is 1. The summed E-state index contributed by atoms with van der Waals surface area (Å²) in [4.78, 5) is 25.6. The predicted octanol–water partition coefficient (Wildman–Crippen LogP) is 1.31. The van der Waals surface area contributed by atoms with Gasteiger partial charge in [0, 0.05) is 12.1 Å². The van der Waals surface area contributed by atoms with E-state index in [0.29, 0.717) is 24.6 Å². The molecule has 0 spiro atoms. The van der Waals surface area contributed by atoms with E-state index in [9.17, 15) is 9.59 Å². The molecule has 7 nitrogen and oxygen atoms in total. The van der Waals surface area contributed by atoms with Gasteiger partial charge in [-0.05, 0) is 19.1 Å². The van der Waals surface area contributed by atoms with Gasteiger partial charge >= 0.3 is 6.03 Å². The van der Waals surface area contributed by atoms with Crippen LogP contribution in [0.3, 0.4) is 0 Å². The first-order chi connectivity index (χ1) is 13.5. The zero-order valence-electron chi connectivity index (χ0n) is 16.7. The molecule has 0 bridgehead atoms. The highest BCUT2D eigenvalue weighted by molar-refractivity contribution is 5.96. The van der Waals surface area contributed by atoms with Crippen LogP contribution in [-0.4, -0.2) is 39.8 Å². The molecule has 150 valence electrons. The van der Waals surface area contributed by atoms with Crippen LogP contribution < -0.4 is 25.0 Å². The van der Waals surface area contributed by atoms with Gasteiger partial charge in [-0.15, -0.1) is 0 Å². The largest absolute Gasteiger partial charge is 0.493 e. The number of methoxy groups -OCH3 is 2. The molecule has 0 saturated carbocycles. The Morgan fingerprint density at radius 2 is 1.75 bits per heavy atom. The molecule has 2 aromatic rings. The summed E-state index contributed by atoms with van der Waals surface area (Å²) in [5.74, 6) is 0.910. The first-order valence-corrected chi connectivity index (χ1v) is 9.17. The lowest BCUT2D eigenvalue weighted by molar-refractivity contribution is -0.916. The summed E-state index contributed by atoms with van der Waals surface area (Å²) in [6, 6.07) is 14.0. The molecule has 0 saturated heterocycles. The van der Waals surface area contributed by atoms with Crippen molar-refractivity contribution in [3.8, 4) is 11.5 Å². The lowest BCUT2D eigenvalue weighted by Gasteiger charge is -2.25. The molecule has 1 unspecified atom stereocenters. The number of urea groups is 1. The van der Waals surface area contributed by atoms with Gasteiger partial charge in [0.2, 0.25) is 0 Å². The average Bonchev–Trinajstić information content (AvgIpc) is 2.68. The van der Waals surface area contributed by atoms with E-state index in [4.69, 9.17) is 9.47 Å². The predicted molar refractivity (Wildman–Crippen MR) is 107 cm³/mol. The van der Waals surface area contributed by atoms with Gasteiger partial charge in [-0.2, -0.15) is 0 Å². The van der Waals surface area contributed by atoms with Crippen molar-refractivity contribution in [1.82, 2.24) is 10.6 Å². The number of hydrogen-bond donors (Lipinski definition) is 3. The Labute approximate surface area is 165 Å². The topological polar surface area (TPSA) is 81.1 Å². The normalized spacial score (nSPS) is 12.6. The SMILES string of the molecule is CCNC(=O)NC(=O)[C@@H](c1ccccc1)[NH+](C)Cc1cccc(OC)c1OC. The van der Waals surface area contributed by atoms with Crippen molar-refractivity contribution in [2.24, 2.45) is 0 Å². The van der Waals surface area contributed by atoms with Crippen molar-refractivity contribution in [2.45, 2.75) is 19.5 Å². The number of carbonyl (C=O) groups excluding carboxylic acids is 2. The second kappa shape index (κ2) is 10.3. The maximum absolute atomic E-state index is 12.9. The van der Waals surface area contributed by atoms with Crippen LogP contribution in [0, 0.1) is 0 Å². The molecule has 28 heavy (non-hydrogen) atoms. The Morgan fingerprint density at radius 3 is 2.36 bits per heavy atom. The number of hydrogen-bond acceptors (Lipinski definition) is 4. The van der Waals surface area contributed by atoms with Gasteiger partial charge in [-0.3, -0.25) is 10.1 Å². The minimum absolute atomic E-state index is 0.364. The third-order valence-corrected chi connectivity index (χ3v) is 4.42. The molecule has 0 aliphatic carbocycles. The number of quaternary nitrogens is 1. The average molecular weight is 386 g/mol. The lowest BCUT2D eigenvalue weighted by Crippen LogP contribution is -3.09. The van der Waals surface area contributed by atoms with Crippen LogP contribution in [0.1, 0.15) is 24.1 Å². The van der Waals surface area contributed by atoms with Crippen LogP contribution in [0.4, 0.5) is 4.79 Å². The number of rotatable bonds is 8. The molecule has 0 fully saturated rings. The molecular weight excluding hydrogens is 358 g/mol. The smallest absolute Gasteiger partial charge is 0.321 e. The maximum Gasteiger partial charge on any atom is 0.321 e. The van der Waals surface area contributed by atoms with Crippen LogP contribution in [0.25, 0.3) is 0 Å². The highest BCUT2D eigenvalue weighted by atomic mass is 16.5. The van der Waals surface area contributed by atoms with E-state index in [-0.39, 0.29) is 5.91 Å². The summed E-state index contributed by atoms with van der Waals surface area (Å²) in [6.07, 6.45) is 0. The summed E-state index contributed by atoms with van der Waals surface area (Å²) in [5.41, 5.74) is 1.73. The fourth-order valence-corrected chi connectivity index (χ4v) is 3.19. The van der Waals surface area contributed by atoms with E-state index in [1.807, 2.05) is 55.6 Å². The molecule has 0 aliphatic heterocycles. The first-order valence-electron chi connectivity index (χ1n) is 9.17. The molecule has 0 aliphatic rings. The van der Waals surface area contributed by atoms with E-state index in [1.165, 1.54) is 0 Å². The standard InChI is InChI=1S/C21H27N3O4/c1-5-22-21(26)23-20(25)18(15-10-7-6-8-11-15)24(2)14-16-12-9-13-17(27-3)19(16)28-4/h6-13,18H,5,14H2,1-4H3,(H2,22,23,25,26)/p+1/t18-/m1/s1. The monoisotopic (exact) mass is 386 g/mol. The number of amides is 3. The molecule has 3 N–H and O–H groups in total. The van der Waals surface area contributed by atoms with Crippen LogP contribution in [-0.2, 0) is 11.3 Å². The fourth-order valence-electron chi connectivity index (χ4n) is 3.19. The van der Waals surface area contributed by atoms with Gasteiger partial charge in [-0.25, -0.2) is 4.79 Å². The zero-order chi connectivity index (χ0) is 20.5. The molecule has 3 amide bonds. The molecule has 0 radical (unpaired) electrons. The quantitative estimate of drug-likeness (QED) is 0.639. The summed E-state index contributed by atoms with van der Waals surface area (Å²) in [7, 11) is 5.09. The van der Waals surface area contributed by atoms with Gasteiger partial charge < -0.3 is 19.7 Å². The Balaban J connectivity index is 2.31. The molecule has 2 atom stereocenters. The molecule has 2 rings (SSSR count). The van der Waals surface area contributed by atoms with Crippen molar-refractivity contribution in [3.05, 3.63) is 59.7 Å². The second-order valence-corrected chi connectivity index (χ2v) is 6.37. The minimum atomic E-state index is -0.570. The van der Waals surface area contributed by atoms with Gasteiger partial charge in [0.25, 0.3) is 5.91 Å². The third-order valence-electron chi connectivity index (χ3n) is 4.42. The molecule has 2 aromatic carbocycles. The highest BCUT2D eigenvalue weighted by Gasteiger charge is 2.31. The maximum atomic E-state index is 12.9. The molecule has 7 heteroatoms. The zero-order valence-corrected chi connectivity index (χ0v) is 16.7. The number of imide groups is 1.